The number of anilines is 1. The smallest absolute Gasteiger partial charge is 0.279 e. The molecule has 1 aromatic carbocycles. The lowest BCUT2D eigenvalue weighted by Gasteiger charge is -2.29. The lowest BCUT2D eigenvalue weighted by molar-refractivity contribution is -0.140. The predicted octanol–water partition coefficient (Wildman–Crippen LogP) is 2.53. The summed E-state index contributed by atoms with van der Waals surface area (Å²) in [6.45, 7) is 0. The minimum absolute atomic E-state index is 0.0472. The lowest BCUT2D eigenvalue weighted by Crippen LogP contribution is -2.42. The van der Waals surface area contributed by atoms with E-state index in [1.165, 1.54) is 36.0 Å². The van der Waals surface area contributed by atoms with Gasteiger partial charge in [-0.3, -0.25) is 19.3 Å². The number of amides is 3. The number of nitrogens with zero attached hydrogens (tertiary/aromatic N) is 3. The van der Waals surface area contributed by atoms with E-state index in [9.17, 15) is 24.8 Å². The number of carbonyl (C=O) groups excluding carboxylic acids is 3. The van der Waals surface area contributed by atoms with Crippen molar-refractivity contribution in [2.45, 2.75) is 38.1 Å². The molecule has 1 aliphatic carbocycles. The van der Waals surface area contributed by atoms with Crippen LogP contribution in [0.5, 0.6) is 5.75 Å². The topological polar surface area (TPSA) is 114 Å². The molecule has 29 heavy (non-hydrogen) atoms. The maximum absolute atomic E-state index is 12.9. The molecule has 1 aliphatic heterocycles. The number of nitrogens with one attached hydrogen (secondary N) is 1. The van der Waals surface area contributed by atoms with Crippen LogP contribution in [-0.4, -0.2) is 52.8 Å². The van der Waals surface area contributed by atoms with Gasteiger partial charge in [0.1, 0.15) is 10.7 Å². The number of carbonyl (C=O) groups is 3. The Morgan fingerprint density at radius 1 is 1.24 bits per heavy atom. The molecule has 152 valence electrons. The van der Waals surface area contributed by atoms with E-state index < -0.39 is 23.5 Å². The zero-order valence-electron chi connectivity index (χ0n) is 16.2. The predicted molar refractivity (Wildman–Crippen MR) is 106 cm³/mol. The van der Waals surface area contributed by atoms with E-state index in [0.717, 1.165) is 32.1 Å². The normalized spacial score (nSPS) is 17.5. The Hall–Kier alpha value is -3.05. The molecule has 9 heteroatoms. The molecule has 3 amide bonds. The average molecular weight is 417 g/mol. The van der Waals surface area contributed by atoms with Crippen molar-refractivity contribution in [2.75, 3.05) is 19.4 Å². The molecule has 0 unspecified atom stereocenters. The van der Waals surface area contributed by atoms with E-state index in [-0.39, 0.29) is 33.6 Å². The maximum atomic E-state index is 12.9. The summed E-state index contributed by atoms with van der Waals surface area (Å²) < 4.78 is 0. The Balaban J connectivity index is 1.96. The molecular weight excluding hydrogens is 396 g/mol. The van der Waals surface area contributed by atoms with Crippen LogP contribution in [0.15, 0.2) is 22.9 Å². The van der Waals surface area contributed by atoms with Crippen LogP contribution in [-0.2, 0) is 9.59 Å². The van der Waals surface area contributed by atoms with Crippen LogP contribution in [0.3, 0.4) is 0 Å². The van der Waals surface area contributed by atoms with Gasteiger partial charge in [0.15, 0.2) is 5.75 Å². The van der Waals surface area contributed by atoms with Crippen molar-refractivity contribution in [3.05, 3.63) is 34.0 Å². The number of phenolic OH excluding ortho intramolecular Hbond substituents is 1. The van der Waals surface area contributed by atoms with Crippen LogP contribution in [0.2, 0.25) is 0 Å². The summed E-state index contributed by atoms with van der Waals surface area (Å²) in [4.78, 5) is 40.2. The highest BCUT2D eigenvalue weighted by atomic mass is 35.5. The van der Waals surface area contributed by atoms with E-state index in [0.29, 0.717) is 0 Å². The molecule has 1 aromatic rings. The highest BCUT2D eigenvalue weighted by molar-refractivity contribution is 6.48. The summed E-state index contributed by atoms with van der Waals surface area (Å²) >= 11 is 6.15. The Bertz CT molecular complexity index is 958. The fraction of sp³-hybridized carbons (Fsp3) is 0.400. The quantitative estimate of drug-likeness (QED) is 0.576. The van der Waals surface area contributed by atoms with Crippen LogP contribution in [0.4, 0.5) is 5.69 Å². The number of benzene rings is 1. The molecule has 1 fully saturated rings. The molecule has 0 aromatic heterocycles. The average Bonchev–Trinajstić information content (AvgIpc) is 2.92. The number of phenols is 1. The number of hydrogen-bond donors (Lipinski definition) is 2. The highest BCUT2D eigenvalue weighted by Crippen LogP contribution is 2.36. The fourth-order valence-electron chi connectivity index (χ4n) is 3.63. The summed E-state index contributed by atoms with van der Waals surface area (Å²) in [6, 6.07) is 4.26. The molecule has 1 saturated carbocycles. The third-order valence-corrected chi connectivity index (χ3v) is 5.48. The number of hydrogen-bond acceptors (Lipinski definition) is 6. The molecule has 8 nitrogen and oxygen atoms in total. The first kappa shape index (κ1) is 20.7. The van der Waals surface area contributed by atoms with Gasteiger partial charge in [0.05, 0.1) is 22.9 Å². The van der Waals surface area contributed by atoms with E-state index in [1.807, 2.05) is 6.07 Å². The van der Waals surface area contributed by atoms with Gasteiger partial charge in [-0.25, -0.2) is 0 Å². The van der Waals surface area contributed by atoms with Crippen molar-refractivity contribution in [2.24, 2.45) is 0 Å². The summed E-state index contributed by atoms with van der Waals surface area (Å²) in [5.74, 6) is -2.10. The minimum atomic E-state index is -0.577. The van der Waals surface area contributed by atoms with Gasteiger partial charge in [-0.05, 0) is 25.0 Å². The fourth-order valence-corrected chi connectivity index (χ4v) is 3.85. The molecule has 0 atom stereocenters. The third kappa shape index (κ3) is 3.78. The van der Waals surface area contributed by atoms with Gasteiger partial charge in [0.2, 0.25) is 0 Å². The first-order valence-corrected chi connectivity index (χ1v) is 9.67. The molecule has 0 saturated heterocycles. The summed E-state index contributed by atoms with van der Waals surface area (Å²) in [5.41, 5.74) is -0.216. The highest BCUT2D eigenvalue weighted by Gasteiger charge is 2.42. The van der Waals surface area contributed by atoms with E-state index in [4.69, 9.17) is 11.6 Å². The summed E-state index contributed by atoms with van der Waals surface area (Å²) in [6.07, 6.45) is 4.39. The number of nitriles is 1. The summed E-state index contributed by atoms with van der Waals surface area (Å²) in [5, 5.41) is 22.2. The summed E-state index contributed by atoms with van der Waals surface area (Å²) in [7, 11) is 3.02. The lowest BCUT2D eigenvalue weighted by atomic mass is 9.94. The maximum Gasteiger partial charge on any atom is 0.279 e. The largest absolute Gasteiger partial charge is 0.505 e. The van der Waals surface area contributed by atoms with Crippen LogP contribution < -0.4 is 5.32 Å². The zero-order chi connectivity index (χ0) is 21.3. The van der Waals surface area contributed by atoms with Gasteiger partial charge >= 0.3 is 0 Å². The number of halogens is 1. The second kappa shape index (κ2) is 8.13. The molecule has 0 spiro atoms. The van der Waals surface area contributed by atoms with Crippen LogP contribution >= 0.6 is 11.6 Å². The SMILES string of the molecule is CN(C)C(=O)c1cc(C#N)cc(NC2=C(Cl)C(=O)N(C3CCCCC3)C2=O)c1O. The Kier molecular flexibility index (Phi) is 5.80. The molecule has 1 heterocycles. The zero-order valence-corrected chi connectivity index (χ0v) is 16.9. The van der Waals surface area contributed by atoms with Crippen LogP contribution in [0.25, 0.3) is 0 Å². The Morgan fingerprint density at radius 2 is 1.90 bits per heavy atom. The molecule has 2 N–H and O–H groups in total. The number of imide groups is 1. The Labute approximate surface area is 173 Å². The van der Waals surface area contributed by atoms with Gasteiger partial charge < -0.3 is 15.3 Å². The van der Waals surface area contributed by atoms with Crippen LogP contribution in [0, 0.1) is 11.3 Å². The Morgan fingerprint density at radius 3 is 2.48 bits per heavy atom. The van der Waals surface area contributed by atoms with Gasteiger partial charge in [-0.1, -0.05) is 30.9 Å². The van der Waals surface area contributed by atoms with Crippen molar-refractivity contribution in [1.82, 2.24) is 9.80 Å². The second-order valence-electron chi connectivity index (χ2n) is 7.32. The first-order chi connectivity index (χ1) is 13.8. The van der Waals surface area contributed by atoms with E-state index in [1.54, 1.807) is 0 Å². The monoisotopic (exact) mass is 416 g/mol. The molecule has 0 bridgehead atoms. The van der Waals surface area contributed by atoms with Gasteiger partial charge in [0.25, 0.3) is 17.7 Å². The number of aromatic hydroxyl groups is 1. The molecule has 3 rings (SSSR count). The molecule has 2 aliphatic rings. The third-order valence-electron chi connectivity index (χ3n) is 5.13. The van der Waals surface area contributed by atoms with Crippen molar-refractivity contribution in [1.29, 1.82) is 5.26 Å². The minimum Gasteiger partial charge on any atom is -0.505 e. The standard InChI is InChI=1S/C20H21ClN4O4/c1-24(2)18(27)13-8-11(10-22)9-14(17(13)26)23-16-15(21)19(28)25(20(16)29)12-6-4-3-5-7-12/h8-9,12,23,26H,3-7H2,1-2H3. The van der Waals surface area contributed by atoms with Crippen molar-refractivity contribution in [3.8, 4) is 11.8 Å². The van der Waals surface area contributed by atoms with Gasteiger partial charge in [-0.15, -0.1) is 0 Å². The first-order valence-electron chi connectivity index (χ1n) is 9.29. The number of rotatable bonds is 4. The van der Waals surface area contributed by atoms with Gasteiger partial charge in [0, 0.05) is 20.1 Å². The van der Waals surface area contributed by atoms with Crippen molar-refractivity contribution in [3.63, 3.8) is 0 Å². The van der Waals surface area contributed by atoms with Gasteiger partial charge in [-0.2, -0.15) is 5.26 Å². The van der Waals surface area contributed by atoms with Crippen molar-refractivity contribution >= 4 is 35.0 Å². The van der Waals surface area contributed by atoms with E-state index in [2.05, 4.69) is 5.32 Å². The van der Waals surface area contributed by atoms with Crippen molar-refractivity contribution < 1.29 is 19.5 Å². The van der Waals surface area contributed by atoms with E-state index >= 15 is 0 Å². The molecule has 0 radical (unpaired) electrons. The molecular formula is C20H21ClN4O4. The van der Waals surface area contributed by atoms with Crippen LogP contribution in [0.1, 0.15) is 48.0 Å². The second-order valence-corrected chi connectivity index (χ2v) is 7.70.